The van der Waals surface area contributed by atoms with E-state index in [1.165, 1.54) is 10.2 Å². The van der Waals surface area contributed by atoms with Crippen LogP contribution >= 0.6 is 0 Å². The molecule has 0 unspecified atom stereocenters. The Morgan fingerprint density at radius 3 is 2.32 bits per heavy atom. The average molecular weight is 484 g/mol. The molecule has 2 heterocycles. The van der Waals surface area contributed by atoms with Crippen LogP contribution in [0.5, 0.6) is 0 Å². The molecule has 3 aromatic rings. The molecule has 1 saturated heterocycles. The molecular weight excluding hydrogens is 454 g/mol. The fourth-order valence-corrected chi connectivity index (χ4v) is 5.55. The molecule has 0 radical (unpaired) electrons. The number of anilines is 1. The van der Waals surface area contributed by atoms with Crippen molar-refractivity contribution in [2.45, 2.75) is 32.1 Å². The average Bonchev–Trinajstić information content (AvgIpc) is 3.17. The fraction of sp³-hybridized carbons (Fsp3) is 0.360. The number of carbonyl (C=O) groups excluding carboxylic acids is 2. The van der Waals surface area contributed by atoms with Gasteiger partial charge in [-0.1, -0.05) is 30.3 Å². The number of hydrogen-bond donors (Lipinski definition) is 0. The van der Waals surface area contributed by atoms with Crippen LogP contribution in [0.4, 0.5) is 10.5 Å². The summed E-state index contributed by atoms with van der Waals surface area (Å²) in [5.74, 6) is -0.162. The van der Waals surface area contributed by atoms with E-state index in [1.54, 1.807) is 35.2 Å². The number of amides is 1. The van der Waals surface area contributed by atoms with Gasteiger partial charge in [-0.05, 0) is 44.5 Å². The predicted octanol–water partition coefficient (Wildman–Crippen LogP) is 3.89. The molecule has 1 amide bonds. The molecule has 1 fully saturated rings. The zero-order valence-electron chi connectivity index (χ0n) is 19.6. The van der Waals surface area contributed by atoms with Crippen molar-refractivity contribution in [1.29, 1.82) is 0 Å². The molecule has 2 aromatic carbocycles. The zero-order valence-corrected chi connectivity index (χ0v) is 20.4. The van der Waals surface area contributed by atoms with Gasteiger partial charge in [0.2, 0.25) is 10.0 Å². The van der Waals surface area contributed by atoms with Crippen molar-refractivity contribution in [2.24, 2.45) is 0 Å². The Labute approximate surface area is 199 Å². The van der Waals surface area contributed by atoms with Crippen LogP contribution in [0.2, 0.25) is 0 Å². The second-order valence-corrected chi connectivity index (χ2v) is 11.2. The minimum Gasteiger partial charge on any atom is -0.444 e. The van der Waals surface area contributed by atoms with Crippen LogP contribution in [-0.4, -0.2) is 61.4 Å². The molecule has 1 aliphatic rings. The summed E-state index contributed by atoms with van der Waals surface area (Å²) in [5, 5.41) is 0.582. The van der Waals surface area contributed by atoms with Crippen LogP contribution in [0.25, 0.3) is 10.9 Å². The van der Waals surface area contributed by atoms with Gasteiger partial charge in [0, 0.05) is 49.0 Å². The second-order valence-electron chi connectivity index (χ2n) is 9.40. The van der Waals surface area contributed by atoms with Crippen LogP contribution in [0.15, 0.2) is 54.7 Å². The summed E-state index contributed by atoms with van der Waals surface area (Å²) < 4.78 is 32.9. The lowest BCUT2D eigenvalue weighted by molar-refractivity contribution is 0.0240. The van der Waals surface area contributed by atoms with Crippen molar-refractivity contribution >= 4 is 39.0 Å². The number of aromatic nitrogens is 1. The molecule has 4 rings (SSSR count). The number of carbonyl (C=O) groups is 2. The quantitative estimate of drug-likeness (QED) is 0.512. The molecule has 0 N–H and O–H groups in total. The van der Waals surface area contributed by atoms with Crippen molar-refractivity contribution in [3.63, 3.8) is 0 Å². The van der Waals surface area contributed by atoms with Crippen LogP contribution < -0.4 is 4.90 Å². The smallest absolute Gasteiger partial charge is 0.410 e. The highest BCUT2D eigenvalue weighted by Crippen LogP contribution is 2.29. The maximum absolute atomic E-state index is 13.1. The first-order valence-corrected chi connectivity index (χ1v) is 12.8. The molecule has 8 nitrogen and oxygen atoms in total. The number of ether oxygens (including phenoxy) is 1. The SMILES string of the molecule is CC(C)(C)OC(=O)N1CCN(c2ccc3c(c2)c(C=O)cn3S(=O)(=O)Cc2ccccc2)CC1. The molecular formula is C25H29N3O5S. The monoisotopic (exact) mass is 483 g/mol. The molecule has 0 atom stereocenters. The summed E-state index contributed by atoms with van der Waals surface area (Å²) in [4.78, 5) is 27.9. The Kier molecular flexibility index (Phi) is 6.40. The number of rotatable bonds is 5. The first-order chi connectivity index (χ1) is 16.1. The van der Waals surface area contributed by atoms with Crippen molar-refractivity contribution in [3.05, 3.63) is 65.9 Å². The topological polar surface area (TPSA) is 88.9 Å². The molecule has 9 heteroatoms. The van der Waals surface area contributed by atoms with E-state index in [4.69, 9.17) is 4.74 Å². The number of fused-ring (bicyclic) bond motifs is 1. The Bertz CT molecular complexity index is 1300. The van der Waals surface area contributed by atoms with E-state index in [0.717, 1.165) is 5.69 Å². The van der Waals surface area contributed by atoms with Crippen LogP contribution in [-0.2, 0) is 20.5 Å². The summed E-state index contributed by atoms with van der Waals surface area (Å²) >= 11 is 0. The lowest BCUT2D eigenvalue weighted by Crippen LogP contribution is -2.50. The van der Waals surface area contributed by atoms with Crippen molar-refractivity contribution in [2.75, 3.05) is 31.1 Å². The number of benzene rings is 2. The lowest BCUT2D eigenvalue weighted by Gasteiger charge is -2.36. The highest BCUT2D eigenvalue weighted by Gasteiger charge is 2.27. The Balaban J connectivity index is 1.56. The van der Waals surface area contributed by atoms with Gasteiger partial charge in [-0.2, -0.15) is 0 Å². The van der Waals surface area contributed by atoms with Gasteiger partial charge in [0.25, 0.3) is 0 Å². The predicted molar refractivity (Wildman–Crippen MR) is 132 cm³/mol. The Hall–Kier alpha value is -3.33. The first kappa shape index (κ1) is 23.8. The van der Waals surface area contributed by atoms with Gasteiger partial charge in [0.1, 0.15) is 5.60 Å². The molecule has 0 saturated carbocycles. The molecule has 34 heavy (non-hydrogen) atoms. The maximum atomic E-state index is 13.1. The minimum absolute atomic E-state index is 0.162. The standard InChI is InChI=1S/C25H29N3O5S/c1-25(2,3)33-24(30)27-13-11-26(12-14-27)21-9-10-23-22(15-21)20(17-29)16-28(23)34(31,32)18-19-7-5-4-6-8-19/h4-10,15-17H,11-14,18H2,1-3H3. The van der Waals surface area contributed by atoms with Gasteiger partial charge >= 0.3 is 6.09 Å². The van der Waals surface area contributed by atoms with Crippen molar-refractivity contribution in [1.82, 2.24) is 8.87 Å². The van der Waals surface area contributed by atoms with E-state index < -0.39 is 15.6 Å². The first-order valence-electron chi connectivity index (χ1n) is 11.2. The van der Waals surface area contributed by atoms with E-state index in [1.807, 2.05) is 39.0 Å². The van der Waals surface area contributed by atoms with Gasteiger partial charge in [-0.3, -0.25) is 4.79 Å². The minimum atomic E-state index is -3.71. The fourth-order valence-electron chi connectivity index (χ4n) is 4.06. The number of hydrogen-bond acceptors (Lipinski definition) is 6. The second kappa shape index (κ2) is 9.13. The summed E-state index contributed by atoms with van der Waals surface area (Å²) in [6, 6.07) is 14.4. The van der Waals surface area contributed by atoms with E-state index in [2.05, 4.69) is 4.90 Å². The number of piperazine rings is 1. The largest absolute Gasteiger partial charge is 0.444 e. The van der Waals surface area contributed by atoms with E-state index in [9.17, 15) is 18.0 Å². The molecule has 0 aliphatic carbocycles. The van der Waals surface area contributed by atoms with Crippen LogP contribution in [0.1, 0.15) is 36.7 Å². The molecule has 1 aliphatic heterocycles. The Morgan fingerprint density at radius 1 is 1.03 bits per heavy atom. The third-order valence-corrected chi connectivity index (χ3v) is 7.30. The normalized spacial score (nSPS) is 14.9. The highest BCUT2D eigenvalue weighted by molar-refractivity contribution is 7.89. The molecule has 0 spiro atoms. The van der Waals surface area contributed by atoms with Gasteiger partial charge in [-0.25, -0.2) is 17.2 Å². The maximum Gasteiger partial charge on any atom is 0.410 e. The number of nitrogens with zero attached hydrogens (tertiary/aromatic N) is 3. The Morgan fingerprint density at radius 2 is 1.71 bits per heavy atom. The molecule has 180 valence electrons. The van der Waals surface area contributed by atoms with E-state index in [-0.39, 0.29) is 11.8 Å². The molecule has 1 aromatic heterocycles. The van der Waals surface area contributed by atoms with Gasteiger partial charge in [0.15, 0.2) is 6.29 Å². The van der Waals surface area contributed by atoms with Gasteiger partial charge in [0.05, 0.1) is 11.3 Å². The number of aldehydes is 1. The highest BCUT2D eigenvalue weighted by atomic mass is 32.2. The third-order valence-electron chi connectivity index (χ3n) is 5.70. The summed E-state index contributed by atoms with van der Waals surface area (Å²) in [5.41, 5.74) is 1.79. The van der Waals surface area contributed by atoms with Gasteiger partial charge in [-0.15, -0.1) is 0 Å². The molecule has 0 bridgehead atoms. The van der Waals surface area contributed by atoms with E-state index >= 15 is 0 Å². The summed E-state index contributed by atoms with van der Waals surface area (Å²) in [7, 11) is -3.71. The van der Waals surface area contributed by atoms with Crippen LogP contribution in [0, 0.1) is 0 Å². The lowest BCUT2D eigenvalue weighted by atomic mass is 10.1. The zero-order chi connectivity index (χ0) is 24.5. The van der Waals surface area contributed by atoms with E-state index in [0.29, 0.717) is 54.5 Å². The summed E-state index contributed by atoms with van der Waals surface area (Å²) in [6.45, 7) is 7.76. The third kappa shape index (κ3) is 5.09. The summed E-state index contributed by atoms with van der Waals surface area (Å²) in [6.07, 6.45) is 1.74. The van der Waals surface area contributed by atoms with Crippen molar-refractivity contribution in [3.8, 4) is 0 Å². The van der Waals surface area contributed by atoms with Gasteiger partial charge < -0.3 is 14.5 Å². The van der Waals surface area contributed by atoms with Crippen LogP contribution in [0.3, 0.4) is 0 Å². The van der Waals surface area contributed by atoms with Crippen molar-refractivity contribution < 1.29 is 22.7 Å².